The van der Waals surface area contributed by atoms with Crippen LogP contribution in [0, 0.1) is 6.92 Å². The molecule has 0 radical (unpaired) electrons. The zero-order valence-corrected chi connectivity index (χ0v) is 8.45. The Morgan fingerprint density at radius 2 is 2.21 bits per heavy atom. The van der Waals surface area contributed by atoms with Crippen molar-refractivity contribution >= 4 is 5.97 Å². The van der Waals surface area contributed by atoms with Crippen molar-refractivity contribution in [3.8, 4) is 0 Å². The van der Waals surface area contributed by atoms with Gasteiger partial charge in [-0.1, -0.05) is 6.07 Å². The minimum atomic E-state index is -0.888. The fourth-order valence-corrected chi connectivity index (χ4v) is 1.40. The van der Waals surface area contributed by atoms with Crippen LogP contribution in [0.3, 0.4) is 0 Å². The largest absolute Gasteiger partial charge is 0.478 e. The van der Waals surface area contributed by atoms with Gasteiger partial charge in [0.05, 0.1) is 5.56 Å². The topological polar surface area (TPSA) is 63.3 Å². The van der Waals surface area contributed by atoms with Crippen LogP contribution in [0.4, 0.5) is 0 Å². The van der Waals surface area contributed by atoms with Crippen LogP contribution in [0.25, 0.3) is 0 Å². The maximum absolute atomic E-state index is 10.7. The second kappa shape index (κ2) is 4.24. The molecule has 3 nitrogen and oxygen atoms in total. The van der Waals surface area contributed by atoms with Crippen molar-refractivity contribution in [2.75, 3.05) is 0 Å². The van der Waals surface area contributed by atoms with E-state index in [1.807, 2.05) is 19.9 Å². The summed E-state index contributed by atoms with van der Waals surface area (Å²) in [4.78, 5) is 10.7. The number of aryl methyl sites for hydroxylation is 1. The highest BCUT2D eigenvalue weighted by Gasteiger charge is 2.06. The van der Waals surface area contributed by atoms with Gasteiger partial charge in [0.25, 0.3) is 0 Å². The van der Waals surface area contributed by atoms with Gasteiger partial charge in [-0.05, 0) is 43.5 Å². The molecule has 1 rings (SSSR count). The standard InChI is InChI=1S/C11H15NO2/c1-7-5-10(11(13)14)4-3-9(7)6-8(2)12/h3-5,8H,6,12H2,1-2H3,(H,13,14)/t8-/m0/s1. The Hall–Kier alpha value is -1.35. The predicted molar refractivity (Wildman–Crippen MR) is 55.5 cm³/mol. The molecule has 0 amide bonds. The first-order valence-electron chi connectivity index (χ1n) is 4.59. The second-order valence-electron chi connectivity index (χ2n) is 3.63. The number of carbonyl (C=O) groups is 1. The average Bonchev–Trinajstić information content (AvgIpc) is 2.07. The summed E-state index contributed by atoms with van der Waals surface area (Å²) < 4.78 is 0. The molecule has 0 aliphatic heterocycles. The number of hydrogen-bond acceptors (Lipinski definition) is 2. The summed E-state index contributed by atoms with van der Waals surface area (Å²) in [5.74, 6) is -0.888. The van der Waals surface area contributed by atoms with Crippen LogP contribution in [-0.4, -0.2) is 17.1 Å². The highest BCUT2D eigenvalue weighted by Crippen LogP contribution is 2.12. The Bertz CT molecular complexity index is 345. The van der Waals surface area contributed by atoms with E-state index in [1.54, 1.807) is 12.1 Å². The quantitative estimate of drug-likeness (QED) is 0.766. The molecule has 0 saturated heterocycles. The van der Waals surface area contributed by atoms with E-state index in [0.717, 1.165) is 17.5 Å². The Labute approximate surface area is 83.6 Å². The molecule has 3 heteroatoms. The highest BCUT2D eigenvalue weighted by atomic mass is 16.4. The van der Waals surface area contributed by atoms with Crippen molar-refractivity contribution in [3.63, 3.8) is 0 Å². The van der Waals surface area contributed by atoms with E-state index >= 15 is 0 Å². The van der Waals surface area contributed by atoms with E-state index < -0.39 is 5.97 Å². The number of rotatable bonds is 3. The van der Waals surface area contributed by atoms with Crippen molar-refractivity contribution in [1.82, 2.24) is 0 Å². The Balaban J connectivity index is 2.95. The Morgan fingerprint density at radius 1 is 1.57 bits per heavy atom. The molecule has 1 atom stereocenters. The van der Waals surface area contributed by atoms with Gasteiger partial charge in [-0.25, -0.2) is 4.79 Å². The van der Waals surface area contributed by atoms with Gasteiger partial charge in [-0.2, -0.15) is 0 Å². The molecule has 0 aliphatic rings. The maximum atomic E-state index is 10.7. The lowest BCUT2D eigenvalue weighted by atomic mass is 10.00. The molecule has 0 saturated carbocycles. The third-order valence-corrected chi connectivity index (χ3v) is 2.13. The molecule has 1 aromatic rings. The van der Waals surface area contributed by atoms with Crippen LogP contribution in [0.2, 0.25) is 0 Å². The predicted octanol–water partition coefficient (Wildman–Crippen LogP) is 1.58. The second-order valence-corrected chi connectivity index (χ2v) is 3.63. The summed E-state index contributed by atoms with van der Waals surface area (Å²) in [5.41, 5.74) is 8.11. The SMILES string of the molecule is Cc1cc(C(=O)O)ccc1C[C@H](C)N. The summed E-state index contributed by atoms with van der Waals surface area (Å²) in [6, 6.07) is 5.24. The van der Waals surface area contributed by atoms with Gasteiger partial charge in [0.2, 0.25) is 0 Å². The zero-order valence-electron chi connectivity index (χ0n) is 8.45. The van der Waals surface area contributed by atoms with Gasteiger partial charge >= 0.3 is 5.97 Å². The van der Waals surface area contributed by atoms with E-state index in [1.165, 1.54) is 0 Å². The van der Waals surface area contributed by atoms with E-state index in [9.17, 15) is 4.79 Å². The van der Waals surface area contributed by atoms with Crippen molar-refractivity contribution in [2.24, 2.45) is 5.73 Å². The number of nitrogens with two attached hydrogens (primary N) is 1. The normalized spacial score (nSPS) is 12.5. The van der Waals surface area contributed by atoms with E-state index in [0.29, 0.717) is 5.56 Å². The first-order valence-corrected chi connectivity index (χ1v) is 4.59. The maximum Gasteiger partial charge on any atom is 0.335 e. The van der Waals surface area contributed by atoms with Crippen molar-refractivity contribution in [1.29, 1.82) is 0 Å². The van der Waals surface area contributed by atoms with E-state index in [-0.39, 0.29) is 6.04 Å². The van der Waals surface area contributed by atoms with Crippen molar-refractivity contribution in [3.05, 3.63) is 34.9 Å². The minimum Gasteiger partial charge on any atom is -0.478 e. The molecule has 0 spiro atoms. The Morgan fingerprint density at radius 3 is 2.64 bits per heavy atom. The summed E-state index contributed by atoms with van der Waals surface area (Å²) in [6.07, 6.45) is 0.783. The molecular formula is C11H15NO2. The fraction of sp³-hybridized carbons (Fsp3) is 0.364. The van der Waals surface area contributed by atoms with Crippen LogP contribution in [0.15, 0.2) is 18.2 Å². The number of hydrogen-bond donors (Lipinski definition) is 2. The summed E-state index contributed by atoms with van der Waals surface area (Å²) in [7, 11) is 0. The van der Waals surface area contributed by atoms with Crippen molar-refractivity contribution < 1.29 is 9.90 Å². The lowest BCUT2D eigenvalue weighted by Gasteiger charge is -2.09. The van der Waals surface area contributed by atoms with Crippen molar-refractivity contribution in [2.45, 2.75) is 26.3 Å². The van der Waals surface area contributed by atoms with Crippen LogP contribution in [0.1, 0.15) is 28.4 Å². The van der Waals surface area contributed by atoms with E-state index in [4.69, 9.17) is 10.8 Å². The van der Waals surface area contributed by atoms with Gasteiger partial charge < -0.3 is 10.8 Å². The third kappa shape index (κ3) is 2.57. The molecular weight excluding hydrogens is 178 g/mol. The number of carboxylic acids is 1. The van der Waals surface area contributed by atoms with Gasteiger partial charge in [0.1, 0.15) is 0 Å². The molecule has 0 aliphatic carbocycles. The van der Waals surface area contributed by atoms with Crippen LogP contribution >= 0.6 is 0 Å². The van der Waals surface area contributed by atoms with Gasteiger partial charge in [0.15, 0.2) is 0 Å². The molecule has 0 fully saturated rings. The lowest BCUT2D eigenvalue weighted by molar-refractivity contribution is 0.0697. The molecule has 1 aromatic carbocycles. The molecule has 0 bridgehead atoms. The summed E-state index contributed by atoms with van der Waals surface area (Å²) >= 11 is 0. The molecule has 0 aromatic heterocycles. The summed E-state index contributed by atoms with van der Waals surface area (Å²) in [5, 5.41) is 8.76. The van der Waals surface area contributed by atoms with Gasteiger partial charge in [-0.15, -0.1) is 0 Å². The smallest absolute Gasteiger partial charge is 0.335 e. The lowest BCUT2D eigenvalue weighted by Crippen LogP contribution is -2.18. The molecule has 0 heterocycles. The van der Waals surface area contributed by atoms with E-state index in [2.05, 4.69) is 0 Å². The monoisotopic (exact) mass is 193 g/mol. The van der Waals surface area contributed by atoms with Crippen LogP contribution in [-0.2, 0) is 6.42 Å². The molecule has 3 N–H and O–H groups in total. The zero-order chi connectivity index (χ0) is 10.7. The van der Waals surface area contributed by atoms with Gasteiger partial charge in [0, 0.05) is 6.04 Å². The number of benzene rings is 1. The Kier molecular flexibility index (Phi) is 3.25. The molecule has 14 heavy (non-hydrogen) atoms. The first kappa shape index (κ1) is 10.7. The number of aromatic carboxylic acids is 1. The fourth-order valence-electron chi connectivity index (χ4n) is 1.40. The first-order chi connectivity index (χ1) is 6.50. The summed E-state index contributed by atoms with van der Waals surface area (Å²) in [6.45, 7) is 3.84. The number of carboxylic acid groups (broad SMARTS) is 1. The molecule has 0 unspecified atom stereocenters. The minimum absolute atomic E-state index is 0.101. The third-order valence-electron chi connectivity index (χ3n) is 2.13. The average molecular weight is 193 g/mol. The van der Waals surface area contributed by atoms with Gasteiger partial charge in [-0.3, -0.25) is 0 Å². The van der Waals surface area contributed by atoms with Crippen LogP contribution in [0.5, 0.6) is 0 Å². The van der Waals surface area contributed by atoms with Crippen LogP contribution < -0.4 is 5.73 Å². The molecule has 76 valence electrons. The highest BCUT2D eigenvalue weighted by molar-refractivity contribution is 5.87.